The fraction of sp³-hybridized carbons (Fsp3) is 0.400. The Kier molecular flexibility index (Phi) is 2.49. The second-order valence-corrected chi connectivity index (χ2v) is 2.10. The van der Waals surface area contributed by atoms with Crippen molar-refractivity contribution >= 4 is 5.82 Å². The Bertz CT molecular complexity index is 289. The number of hydrogen-bond acceptors (Lipinski definition) is 5. The van der Waals surface area contributed by atoms with Gasteiger partial charge in [-0.2, -0.15) is 13.2 Å². The Hall–Kier alpha value is -1.60. The number of rotatable bonds is 2. The van der Waals surface area contributed by atoms with Gasteiger partial charge in [0.1, 0.15) is 0 Å². The third kappa shape index (κ3) is 3.54. The van der Waals surface area contributed by atoms with Crippen molar-refractivity contribution in [1.29, 1.82) is 0 Å². The Morgan fingerprint density at radius 3 is 2.62 bits per heavy atom. The average Bonchev–Trinajstić information content (AvgIpc) is 2.00. The molecule has 13 heavy (non-hydrogen) atoms. The maximum absolute atomic E-state index is 11.6. The van der Waals surface area contributed by atoms with E-state index in [1.54, 1.807) is 0 Å². The van der Waals surface area contributed by atoms with E-state index in [-0.39, 0.29) is 11.7 Å². The molecule has 0 aromatic carbocycles. The van der Waals surface area contributed by atoms with Gasteiger partial charge in [-0.3, -0.25) is 0 Å². The first-order chi connectivity index (χ1) is 5.97. The molecule has 72 valence electrons. The zero-order chi connectivity index (χ0) is 9.90. The molecular weight excluding hydrogens is 189 g/mol. The molecule has 0 aliphatic rings. The Morgan fingerprint density at radius 1 is 1.38 bits per heavy atom. The quantitative estimate of drug-likeness (QED) is 0.737. The molecule has 2 N–H and O–H groups in total. The predicted molar refractivity (Wildman–Crippen MR) is 35.8 cm³/mol. The molecule has 0 saturated heterocycles. The van der Waals surface area contributed by atoms with Crippen molar-refractivity contribution in [2.45, 2.75) is 6.18 Å². The van der Waals surface area contributed by atoms with Gasteiger partial charge < -0.3 is 10.5 Å². The summed E-state index contributed by atoms with van der Waals surface area (Å²) >= 11 is 0. The van der Waals surface area contributed by atoms with Crippen LogP contribution in [0, 0.1) is 0 Å². The smallest absolute Gasteiger partial charge is 0.422 e. The third-order valence-electron chi connectivity index (χ3n) is 0.959. The lowest BCUT2D eigenvalue weighted by molar-refractivity contribution is -0.154. The van der Waals surface area contributed by atoms with E-state index < -0.39 is 12.8 Å². The SMILES string of the molecule is Nc1cc(OCC(F)(F)F)nnn1. The van der Waals surface area contributed by atoms with Crippen molar-refractivity contribution in [3.8, 4) is 5.88 Å². The highest BCUT2D eigenvalue weighted by atomic mass is 19.4. The number of halogens is 3. The Labute approximate surface area is 70.7 Å². The van der Waals surface area contributed by atoms with Crippen LogP contribution in [0.15, 0.2) is 6.07 Å². The molecule has 0 unspecified atom stereocenters. The monoisotopic (exact) mass is 194 g/mol. The fourth-order valence-corrected chi connectivity index (χ4v) is 0.529. The van der Waals surface area contributed by atoms with Gasteiger partial charge in [0.15, 0.2) is 12.4 Å². The van der Waals surface area contributed by atoms with Crippen molar-refractivity contribution in [3.63, 3.8) is 0 Å². The van der Waals surface area contributed by atoms with E-state index in [2.05, 4.69) is 20.1 Å². The van der Waals surface area contributed by atoms with Crippen molar-refractivity contribution in [1.82, 2.24) is 15.4 Å². The minimum absolute atomic E-state index is 0.0489. The van der Waals surface area contributed by atoms with Crippen LogP contribution in [0.1, 0.15) is 0 Å². The molecule has 0 radical (unpaired) electrons. The molecule has 0 spiro atoms. The number of alkyl halides is 3. The van der Waals surface area contributed by atoms with Crippen LogP contribution in [-0.4, -0.2) is 28.2 Å². The molecule has 0 amide bonds. The lowest BCUT2D eigenvalue weighted by atomic mass is 10.6. The van der Waals surface area contributed by atoms with E-state index in [1.165, 1.54) is 0 Å². The second-order valence-electron chi connectivity index (χ2n) is 2.10. The molecule has 8 heteroatoms. The van der Waals surface area contributed by atoms with Gasteiger partial charge in [-0.1, -0.05) is 5.10 Å². The summed E-state index contributed by atoms with van der Waals surface area (Å²) in [6, 6.07) is 1.05. The van der Waals surface area contributed by atoms with Crippen LogP contribution in [0.25, 0.3) is 0 Å². The number of nitrogens with zero attached hydrogens (tertiary/aromatic N) is 3. The van der Waals surface area contributed by atoms with Gasteiger partial charge in [-0.25, -0.2) is 0 Å². The standard InChI is InChI=1S/C5H5F3N4O/c6-5(7,8)2-13-4-1-3(9)10-12-11-4/h1H,2H2,(H2,9,10,11). The maximum Gasteiger partial charge on any atom is 0.422 e. The molecule has 5 nitrogen and oxygen atoms in total. The van der Waals surface area contributed by atoms with E-state index in [1.807, 2.05) is 0 Å². The number of ether oxygens (including phenoxy) is 1. The number of nitrogens with two attached hydrogens (primary N) is 1. The first-order valence-electron chi connectivity index (χ1n) is 3.13. The zero-order valence-electron chi connectivity index (χ0n) is 6.25. The highest BCUT2D eigenvalue weighted by Gasteiger charge is 2.28. The summed E-state index contributed by atoms with van der Waals surface area (Å²) in [5.74, 6) is -0.350. The van der Waals surface area contributed by atoms with Gasteiger partial charge in [0, 0.05) is 6.07 Å². The molecule has 1 aromatic rings. The van der Waals surface area contributed by atoms with Crippen LogP contribution in [0.4, 0.5) is 19.0 Å². The Balaban J connectivity index is 2.55. The van der Waals surface area contributed by atoms with Gasteiger partial charge in [-0.15, -0.1) is 5.10 Å². The normalized spacial score (nSPS) is 11.3. The summed E-state index contributed by atoms with van der Waals surface area (Å²) in [5, 5.41) is 9.49. The molecule has 1 rings (SSSR count). The lowest BCUT2D eigenvalue weighted by Crippen LogP contribution is -2.20. The van der Waals surface area contributed by atoms with Gasteiger partial charge in [0.2, 0.25) is 5.88 Å². The summed E-state index contributed by atoms with van der Waals surface area (Å²) in [4.78, 5) is 0. The first-order valence-corrected chi connectivity index (χ1v) is 3.13. The molecular formula is C5H5F3N4O. The van der Waals surface area contributed by atoms with E-state index in [0.717, 1.165) is 6.07 Å². The van der Waals surface area contributed by atoms with E-state index in [4.69, 9.17) is 5.73 Å². The van der Waals surface area contributed by atoms with Gasteiger partial charge in [-0.05, 0) is 5.21 Å². The van der Waals surface area contributed by atoms with E-state index in [9.17, 15) is 13.2 Å². The van der Waals surface area contributed by atoms with Crippen molar-refractivity contribution < 1.29 is 17.9 Å². The molecule has 1 heterocycles. The summed E-state index contributed by atoms with van der Waals surface area (Å²) in [6.07, 6.45) is -4.40. The average molecular weight is 194 g/mol. The van der Waals surface area contributed by atoms with Crippen LogP contribution >= 0.6 is 0 Å². The zero-order valence-corrected chi connectivity index (χ0v) is 6.25. The van der Waals surface area contributed by atoms with Crippen LogP contribution in [0.2, 0.25) is 0 Å². The minimum atomic E-state index is -4.40. The van der Waals surface area contributed by atoms with Crippen molar-refractivity contribution in [2.75, 3.05) is 12.3 Å². The van der Waals surface area contributed by atoms with Gasteiger partial charge >= 0.3 is 6.18 Å². The lowest BCUT2D eigenvalue weighted by Gasteiger charge is -2.06. The molecule has 0 aliphatic carbocycles. The van der Waals surface area contributed by atoms with Crippen LogP contribution in [0.3, 0.4) is 0 Å². The molecule has 0 saturated carbocycles. The van der Waals surface area contributed by atoms with Crippen molar-refractivity contribution in [3.05, 3.63) is 6.07 Å². The first kappa shape index (κ1) is 9.49. The summed E-state index contributed by atoms with van der Waals surface area (Å²) in [7, 11) is 0. The van der Waals surface area contributed by atoms with Gasteiger partial charge in [0.05, 0.1) is 0 Å². The third-order valence-corrected chi connectivity index (χ3v) is 0.959. The van der Waals surface area contributed by atoms with Crippen molar-refractivity contribution in [2.24, 2.45) is 0 Å². The minimum Gasteiger partial charge on any atom is -0.467 e. The number of nitrogen functional groups attached to an aromatic ring is 1. The number of hydrogen-bond donors (Lipinski definition) is 1. The highest BCUT2D eigenvalue weighted by Crippen LogP contribution is 2.16. The number of aromatic nitrogens is 3. The van der Waals surface area contributed by atoms with E-state index in [0.29, 0.717) is 0 Å². The molecule has 0 atom stereocenters. The van der Waals surface area contributed by atoms with E-state index >= 15 is 0 Å². The molecule has 0 bridgehead atoms. The van der Waals surface area contributed by atoms with Crippen LogP contribution in [-0.2, 0) is 0 Å². The fourth-order valence-electron chi connectivity index (χ4n) is 0.529. The van der Waals surface area contributed by atoms with Gasteiger partial charge in [0.25, 0.3) is 0 Å². The Morgan fingerprint density at radius 2 is 2.08 bits per heavy atom. The topological polar surface area (TPSA) is 73.9 Å². The summed E-state index contributed by atoms with van der Waals surface area (Å²) < 4.78 is 39.1. The molecule has 0 fully saturated rings. The predicted octanol–water partition coefficient (Wildman–Crippen LogP) is 0.395. The second kappa shape index (κ2) is 3.42. The number of anilines is 1. The van der Waals surface area contributed by atoms with Crippen LogP contribution in [0.5, 0.6) is 5.88 Å². The summed E-state index contributed by atoms with van der Waals surface area (Å²) in [6.45, 7) is -1.43. The largest absolute Gasteiger partial charge is 0.467 e. The maximum atomic E-state index is 11.6. The molecule has 0 aliphatic heterocycles. The van der Waals surface area contributed by atoms with Crippen LogP contribution < -0.4 is 10.5 Å². The summed E-state index contributed by atoms with van der Waals surface area (Å²) in [5.41, 5.74) is 5.12. The molecule has 1 aromatic heterocycles. The highest BCUT2D eigenvalue weighted by molar-refractivity contribution is 5.29.